The summed E-state index contributed by atoms with van der Waals surface area (Å²) in [6, 6.07) is 40.5. The van der Waals surface area contributed by atoms with Gasteiger partial charge in [0, 0.05) is 21.8 Å². The standard InChI is InChI=1S/C32H21BrClNO/c33-30-29(27-19-24-18-25(34)17-16-23(24)20-28(27)36)31(21-10-4-1-5-11-21)35(26-14-8-3-9-15-26)32(30)22-12-6-2-7-13-22/h1-20,36H. The molecule has 0 radical (unpaired) electrons. The zero-order valence-electron chi connectivity index (χ0n) is 19.2. The second kappa shape index (κ2) is 9.34. The maximum absolute atomic E-state index is 11.3. The molecule has 0 bridgehead atoms. The van der Waals surface area contributed by atoms with Crippen molar-refractivity contribution < 1.29 is 5.11 Å². The number of phenolic OH excluding ortho intramolecular Hbond substituents is 1. The molecule has 4 heteroatoms. The Kier molecular flexibility index (Phi) is 5.88. The van der Waals surface area contributed by atoms with Gasteiger partial charge < -0.3 is 9.67 Å². The number of phenols is 1. The molecule has 1 heterocycles. The summed E-state index contributed by atoms with van der Waals surface area (Å²) < 4.78 is 3.18. The Morgan fingerprint density at radius 2 is 1.19 bits per heavy atom. The molecule has 6 rings (SSSR count). The van der Waals surface area contributed by atoms with E-state index >= 15 is 0 Å². The van der Waals surface area contributed by atoms with Gasteiger partial charge in [0.2, 0.25) is 0 Å². The Morgan fingerprint density at radius 3 is 1.83 bits per heavy atom. The molecule has 0 spiro atoms. The van der Waals surface area contributed by atoms with Gasteiger partial charge in [0.25, 0.3) is 0 Å². The smallest absolute Gasteiger partial charge is 0.124 e. The lowest BCUT2D eigenvalue weighted by Crippen LogP contribution is -2.00. The average Bonchev–Trinajstić information content (AvgIpc) is 3.22. The summed E-state index contributed by atoms with van der Waals surface area (Å²) in [6.07, 6.45) is 0. The molecule has 5 aromatic carbocycles. The molecule has 0 aliphatic carbocycles. The van der Waals surface area contributed by atoms with Crippen LogP contribution in [0.4, 0.5) is 0 Å². The van der Waals surface area contributed by atoms with E-state index in [1.807, 2.05) is 84.9 Å². The van der Waals surface area contributed by atoms with E-state index in [0.29, 0.717) is 5.02 Å². The second-order valence-electron chi connectivity index (χ2n) is 8.65. The molecule has 1 N–H and O–H groups in total. The molecule has 1 aromatic heterocycles. The third kappa shape index (κ3) is 3.91. The molecular weight excluding hydrogens is 530 g/mol. The van der Waals surface area contributed by atoms with E-state index in [1.54, 1.807) is 0 Å². The molecule has 0 aliphatic rings. The number of para-hydroxylation sites is 1. The summed E-state index contributed by atoms with van der Waals surface area (Å²) in [4.78, 5) is 0. The van der Waals surface area contributed by atoms with Crippen LogP contribution in [0, 0.1) is 0 Å². The van der Waals surface area contributed by atoms with E-state index in [2.05, 4.69) is 56.9 Å². The Balaban J connectivity index is 1.78. The van der Waals surface area contributed by atoms with Crippen molar-refractivity contribution in [3.8, 4) is 45.1 Å². The molecule has 0 saturated carbocycles. The van der Waals surface area contributed by atoms with Gasteiger partial charge in [0.05, 0.1) is 15.9 Å². The van der Waals surface area contributed by atoms with Gasteiger partial charge in [0.15, 0.2) is 0 Å². The topological polar surface area (TPSA) is 25.2 Å². The summed E-state index contributed by atoms with van der Waals surface area (Å²) in [6.45, 7) is 0. The highest BCUT2D eigenvalue weighted by Crippen LogP contribution is 2.50. The minimum absolute atomic E-state index is 0.215. The van der Waals surface area contributed by atoms with Crippen LogP contribution in [0.2, 0.25) is 5.02 Å². The number of hydrogen-bond acceptors (Lipinski definition) is 1. The van der Waals surface area contributed by atoms with Gasteiger partial charge in [-0.2, -0.15) is 0 Å². The van der Waals surface area contributed by atoms with Gasteiger partial charge in [0.1, 0.15) is 5.75 Å². The van der Waals surface area contributed by atoms with Crippen LogP contribution < -0.4 is 0 Å². The highest BCUT2D eigenvalue weighted by Gasteiger charge is 2.27. The fraction of sp³-hybridized carbons (Fsp3) is 0. The minimum atomic E-state index is 0.215. The Labute approximate surface area is 223 Å². The second-order valence-corrected chi connectivity index (χ2v) is 9.88. The van der Waals surface area contributed by atoms with Crippen LogP contribution in [0.25, 0.3) is 50.1 Å². The van der Waals surface area contributed by atoms with Gasteiger partial charge in [-0.25, -0.2) is 0 Å². The number of fused-ring (bicyclic) bond motifs is 1. The fourth-order valence-electron chi connectivity index (χ4n) is 4.80. The Hall–Kier alpha value is -3.79. The van der Waals surface area contributed by atoms with Crippen molar-refractivity contribution in [2.24, 2.45) is 0 Å². The zero-order valence-corrected chi connectivity index (χ0v) is 21.5. The van der Waals surface area contributed by atoms with Crippen molar-refractivity contribution in [2.75, 3.05) is 0 Å². The predicted octanol–water partition coefficient (Wildman–Crippen LogP) is 9.75. The summed E-state index contributed by atoms with van der Waals surface area (Å²) in [5.41, 5.74) is 6.81. The number of benzene rings is 5. The normalized spacial score (nSPS) is 11.2. The average molecular weight is 551 g/mol. The van der Waals surface area contributed by atoms with E-state index in [0.717, 1.165) is 54.6 Å². The van der Waals surface area contributed by atoms with Crippen molar-refractivity contribution in [1.29, 1.82) is 0 Å². The van der Waals surface area contributed by atoms with Crippen molar-refractivity contribution in [2.45, 2.75) is 0 Å². The van der Waals surface area contributed by atoms with Gasteiger partial charge in [-0.3, -0.25) is 0 Å². The molecule has 0 atom stereocenters. The summed E-state index contributed by atoms with van der Waals surface area (Å²) in [7, 11) is 0. The molecule has 0 saturated heterocycles. The number of halogens is 2. The molecular formula is C32H21BrClNO. The van der Waals surface area contributed by atoms with Gasteiger partial charge in [-0.05, 0) is 74.2 Å². The van der Waals surface area contributed by atoms with Crippen LogP contribution in [0.1, 0.15) is 0 Å². The minimum Gasteiger partial charge on any atom is -0.507 e. The highest BCUT2D eigenvalue weighted by atomic mass is 79.9. The van der Waals surface area contributed by atoms with Crippen LogP contribution in [0.5, 0.6) is 5.75 Å². The Bertz CT molecular complexity index is 1690. The maximum atomic E-state index is 11.3. The quantitative estimate of drug-likeness (QED) is 0.232. The van der Waals surface area contributed by atoms with Crippen molar-refractivity contribution in [3.05, 3.63) is 131 Å². The van der Waals surface area contributed by atoms with Crippen molar-refractivity contribution in [1.82, 2.24) is 4.57 Å². The van der Waals surface area contributed by atoms with Crippen LogP contribution in [0.3, 0.4) is 0 Å². The number of aromatic nitrogens is 1. The molecule has 2 nitrogen and oxygen atoms in total. The van der Waals surface area contributed by atoms with Crippen LogP contribution in [-0.4, -0.2) is 9.67 Å². The molecule has 0 fully saturated rings. The maximum Gasteiger partial charge on any atom is 0.124 e. The van der Waals surface area contributed by atoms with E-state index in [-0.39, 0.29) is 5.75 Å². The van der Waals surface area contributed by atoms with Crippen molar-refractivity contribution >= 4 is 38.3 Å². The molecule has 0 amide bonds. The first-order valence-electron chi connectivity index (χ1n) is 11.6. The SMILES string of the molecule is Oc1cc2ccc(Cl)cc2cc1-c1c(Br)c(-c2ccccc2)n(-c2ccccc2)c1-c1ccccc1. The molecule has 36 heavy (non-hydrogen) atoms. The van der Waals surface area contributed by atoms with Crippen LogP contribution >= 0.6 is 27.5 Å². The number of nitrogens with zero attached hydrogens (tertiary/aromatic N) is 1. The number of hydrogen-bond donors (Lipinski definition) is 1. The highest BCUT2D eigenvalue weighted by molar-refractivity contribution is 9.10. The largest absolute Gasteiger partial charge is 0.507 e. The molecule has 6 aromatic rings. The summed E-state index contributed by atoms with van der Waals surface area (Å²) in [5, 5.41) is 13.9. The molecule has 174 valence electrons. The summed E-state index contributed by atoms with van der Waals surface area (Å²) >= 11 is 10.3. The van der Waals surface area contributed by atoms with E-state index in [4.69, 9.17) is 11.6 Å². The summed E-state index contributed by atoms with van der Waals surface area (Å²) in [5.74, 6) is 0.215. The van der Waals surface area contributed by atoms with Gasteiger partial charge >= 0.3 is 0 Å². The first-order valence-corrected chi connectivity index (χ1v) is 12.8. The third-order valence-electron chi connectivity index (χ3n) is 6.41. The van der Waals surface area contributed by atoms with Gasteiger partial charge in [-0.15, -0.1) is 0 Å². The lowest BCUT2D eigenvalue weighted by Gasteiger charge is -2.16. The molecule has 0 unspecified atom stereocenters. The van der Waals surface area contributed by atoms with Crippen LogP contribution in [0.15, 0.2) is 126 Å². The van der Waals surface area contributed by atoms with Crippen LogP contribution in [-0.2, 0) is 0 Å². The zero-order chi connectivity index (χ0) is 24.6. The lowest BCUT2D eigenvalue weighted by atomic mass is 9.97. The monoisotopic (exact) mass is 549 g/mol. The van der Waals surface area contributed by atoms with E-state index in [9.17, 15) is 5.11 Å². The predicted molar refractivity (Wildman–Crippen MR) is 154 cm³/mol. The van der Waals surface area contributed by atoms with E-state index < -0.39 is 0 Å². The Morgan fingerprint density at radius 1 is 0.611 bits per heavy atom. The van der Waals surface area contributed by atoms with Crippen molar-refractivity contribution in [3.63, 3.8) is 0 Å². The van der Waals surface area contributed by atoms with Gasteiger partial charge in [-0.1, -0.05) is 96.5 Å². The first kappa shape index (κ1) is 22.7. The first-order chi connectivity index (χ1) is 17.6. The van der Waals surface area contributed by atoms with E-state index in [1.165, 1.54) is 0 Å². The molecule has 0 aliphatic heterocycles. The number of aromatic hydroxyl groups is 1. The fourth-order valence-corrected chi connectivity index (χ4v) is 5.79. The third-order valence-corrected chi connectivity index (χ3v) is 7.41. The number of rotatable bonds is 4. The lowest BCUT2D eigenvalue weighted by molar-refractivity contribution is 0.478.